The number of hydrogen-bond donors (Lipinski definition) is 1. The van der Waals surface area contributed by atoms with Crippen LogP contribution in [0.3, 0.4) is 0 Å². The van der Waals surface area contributed by atoms with Crippen LogP contribution in [0.4, 0.5) is 0 Å². The van der Waals surface area contributed by atoms with Crippen molar-refractivity contribution >= 4 is 23.6 Å². The maximum absolute atomic E-state index is 11.9. The van der Waals surface area contributed by atoms with Gasteiger partial charge in [0.2, 0.25) is 11.8 Å². The molecule has 0 bridgehead atoms. The van der Waals surface area contributed by atoms with Gasteiger partial charge in [-0.15, -0.1) is 0 Å². The zero-order valence-electron chi connectivity index (χ0n) is 14.4. The van der Waals surface area contributed by atoms with E-state index < -0.39 is 5.92 Å². The van der Waals surface area contributed by atoms with Crippen LogP contribution in [-0.2, 0) is 16.2 Å². The van der Waals surface area contributed by atoms with E-state index in [-0.39, 0.29) is 18.2 Å². The third-order valence-electron chi connectivity index (χ3n) is 4.24. The molecule has 2 amide bonds. The van der Waals surface area contributed by atoms with Gasteiger partial charge in [0.05, 0.1) is 11.2 Å². The quantitative estimate of drug-likeness (QED) is 0.652. The van der Waals surface area contributed by atoms with Crippen molar-refractivity contribution in [1.29, 1.82) is 0 Å². The first kappa shape index (κ1) is 17.4. The summed E-state index contributed by atoms with van der Waals surface area (Å²) >= 11 is 1.49. The van der Waals surface area contributed by atoms with Crippen LogP contribution >= 0.6 is 11.8 Å². The van der Waals surface area contributed by atoms with E-state index in [2.05, 4.69) is 5.32 Å². The second-order valence-electron chi connectivity index (χ2n) is 6.17. The normalized spacial score (nSPS) is 16.4. The lowest BCUT2D eigenvalue weighted by Gasteiger charge is -2.08. The number of ether oxygens (including phenoxy) is 1. The Labute approximate surface area is 160 Å². The zero-order valence-corrected chi connectivity index (χ0v) is 15.2. The van der Waals surface area contributed by atoms with Crippen molar-refractivity contribution in [3.63, 3.8) is 0 Å². The van der Waals surface area contributed by atoms with E-state index in [4.69, 9.17) is 9.15 Å². The van der Waals surface area contributed by atoms with E-state index in [9.17, 15) is 9.59 Å². The summed E-state index contributed by atoms with van der Waals surface area (Å²) in [6, 6.07) is 19.6. The van der Waals surface area contributed by atoms with Gasteiger partial charge in [0.15, 0.2) is 0 Å². The molecule has 27 heavy (non-hydrogen) atoms. The summed E-state index contributed by atoms with van der Waals surface area (Å²) in [6.45, 7) is 0.518. The highest BCUT2D eigenvalue weighted by Crippen LogP contribution is 2.38. The van der Waals surface area contributed by atoms with Gasteiger partial charge >= 0.3 is 0 Å². The molecule has 1 aliphatic rings. The number of rotatable bonds is 6. The van der Waals surface area contributed by atoms with Gasteiger partial charge in [-0.25, -0.2) is 0 Å². The van der Waals surface area contributed by atoms with Gasteiger partial charge in [-0.3, -0.25) is 14.9 Å². The number of carbonyl (C=O) groups excluding carboxylic acids is 2. The molecule has 1 aliphatic heterocycles. The number of imide groups is 1. The second kappa shape index (κ2) is 7.72. The molecule has 0 saturated carbocycles. The van der Waals surface area contributed by atoms with E-state index in [1.54, 1.807) is 6.26 Å². The van der Waals surface area contributed by atoms with Crippen molar-refractivity contribution in [2.24, 2.45) is 0 Å². The third-order valence-corrected chi connectivity index (χ3v) is 5.31. The third kappa shape index (κ3) is 4.06. The molecule has 2 heterocycles. The fraction of sp³-hybridized carbons (Fsp3) is 0.143. The largest absolute Gasteiger partial charge is 0.489 e. The predicted octanol–water partition coefficient (Wildman–Crippen LogP) is 4.14. The SMILES string of the molecule is O=C1CC(c2occc2Sc2ccc(OCc3ccccc3)cc2)C(=O)N1. The van der Waals surface area contributed by atoms with Crippen LogP contribution in [0, 0.1) is 0 Å². The fourth-order valence-electron chi connectivity index (χ4n) is 2.88. The lowest BCUT2D eigenvalue weighted by molar-refractivity contribution is -0.125. The summed E-state index contributed by atoms with van der Waals surface area (Å²) in [6.07, 6.45) is 1.68. The van der Waals surface area contributed by atoms with Crippen molar-refractivity contribution in [3.8, 4) is 5.75 Å². The van der Waals surface area contributed by atoms with E-state index in [0.717, 1.165) is 21.1 Å². The number of carbonyl (C=O) groups is 2. The van der Waals surface area contributed by atoms with Crippen LogP contribution in [-0.4, -0.2) is 11.8 Å². The van der Waals surface area contributed by atoms with Gasteiger partial charge in [0, 0.05) is 11.3 Å². The lowest BCUT2D eigenvalue weighted by atomic mass is 10.1. The first-order valence-electron chi connectivity index (χ1n) is 8.55. The van der Waals surface area contributed by atoms with Gasteiger partial charge in [0.1, 0.15) is 24.0 Å². The number of furan rings is 1. The zero-order chi connectivity index (χ0) is 18.6. The Morgan fingerprint density at radius 2 is 1.81 bits per heavy atom. The van der Waals surface area contributed by atoms with Crippen molar-refractivity contribution in [1.82, 2.24) is 5.32 Å². The fourth-order valence-corrected chi connectivity index (χ4v) is 3.83. The Hall–Kier alpha value is -2.99. The molecule has 5 nitrogen and oxygen atoms in total. The van der Waals surface area contributed by atoms with E-state index in [0.29, 0.717) is 12.4 Å². The molecule has 1 atom stereocenters. The Bertz CT molecular complexity index is 950. The maximum Gasteiger partial charge on any atom is 0.237 e. The van der Waals surface area contributed by atoms with Gasteiger partial charge in [-0.05, 0) is 35.9 Å². The summed E-state index contributed by atoms with van der Waals surface area (Å²) in [4.78, 5) is 25.2. The predicted molar refractivity (Wildman–Crippen MR) is 101 cm³/mol. The van der Waals surface area contributed by atoms with Crippen LogP contribution < -0.4 is 10.1 Å². The van der Waals surface area contributed by atoms with Crippen LogP contribution in [0.5, 0.6) is 5.75 Å². The van der Waals surface area contributed by atoms with Gasteiger partial charge in [0.25, 0.3) is 0 Å². The molecule has 1 unspecified atom stereocenters. The monoisotopic (exact) mass is 379 g/mol. The Kier molecular flexibility index (Phi) is 4.98. The van der Waals surface area contributed by atoms with Gasteiger partial charge < -0.3 is 9.15 Å². The van der Waals surface area contributed by atoms with Crippen LogP contribution in [0.15, 0.2) is 81.1 Å². The van der Waals surface area contributed by atoms with E-state index in [1.807, 2.05) is 60.7 Å². The van der Waals surface area contributed by atoms with Crippen LogP contribution in [0.25, 0.3) is 0 Å². The minimum atomic E-state index is -0.552. The summed E-state index contributed by atoms with van der Waals surface area (Å²) in [7, 11) is 0. The minimum absolute atomic E-state index is 0.131. The molecule has 136 valence electrons. The highest BCUT2D eigenvalue weighted by Gasteiger charge is 2.35. The smallest absolute Gasteiger partial charge is 0.237 e. The van der Waals surface area contributed by atoms with Gasteiger partial charge in [-0.2, -0.15) is 0 Å². The van der Waals surface area contributed by atoms with Crippen LogP contribution in [0.2, 0.25) is 0 Å². The number of benzene rings is 2. The maximum atomic E-state index is 11.9. The molecule has 1 saturated heterocycles. The Morgan fingerprint density at radius 3 is 2.52 bits per heavy atom. The second-order valence-corrected chi connectivity index (χ2v) is 7.28. The molecule has 0 spiro atoms. The molecular weight excluding hydrogens is 362 g/mol. The standard InChI is InChI=1S/C21H17NO4S/c23-19-12-17(21(24)22-19)20-18(10-11-25-20)27-16-8-6-15(7-9-16)26-13-14-4-2-1-3-5-14/h1-11,17H,12-13H2,(H,22,23,24). The molecular formula is C21H17NO4S. The topological polar surface area (TPSA) is 68.5 Å². The Balaban J connectivity index is 1.41. The summed E-state index contributed by atoms with van der Waals surface area (Å²) in [5.41, 5.74) is 1.11. The van der Waals surface area contributed by atoms with Crippen molar-refractivity contribution in [2.45, 2.75) is 28.7 Å². The minimum Gasteiger partial charge on any atom is -0.489 e. The molecule has 6 heteroatoms. The first-order chi connectivity index (χ1) is 13.2. The number of nitrogens with one attached hydrogen (secondary N) is 1. The molecule has 1 aromatic heterocycles. The summed E-state index contributed by atoms with van der Waals surface area (Å²) in [5, 5.41) is 2.32. The summed E-state index contributed by atoms with van der Waals surface area (Å²) in [5.74, 6) is 0.200. The average molecular weight is 379 g/mol. The summed E-state index contributed by atoms with van der Waals surface area (Å²) < 4.78 is 11.3. The molecule has 3 aromatic rings. The molecule has 4 rings (SSSR count). The molecule has 0 aliphatic carbocycles. The molecule has 2 aromatic carbocycles. The van der Waals surface area contributed by atoms with Crippen molar-refractivity contribution in [3.05, 3.63) is 78.3 Å². The highest BCUT2D eigenvalue weighted by molar-refractivity contribution is 7.99. The lowest BCUT2D eigenvalue weighted by Crippen LogP contribution is -2.21. The Morgan fingerprint density at radius 1 is 1.04 bits per heavy atom. The average Bonchev–Trinajstić information content (AvgIpc) is 3.27. The van der Waals surface area contributed by atoms with Gasteiger partial charge in [-0.1, -0.05) is 42.1 Å². The molecule has 1 N–H and O–H groups in total. The molecule has 0 radical (unpaired) electrons. The number of amides is 2. The van der Waals surface area contributed by atoms with Crippen molar-refractivity contribution < 1.29 is 18.7 Å². The molecule has 1 fully saturated rings. The van der Waals surface area contributed by atoms with Crippen molar-refractivity contribution in [2.75, 3.05) is 0 Å². The van der Waals surface area contributed by atoms with E-state index in [1.165, 1.54) is 11.8 Å². The number of hydrogen-bond acceptors (Lipinski definition) is 5. The van der Waals surface area contributed by atoms with E-state index >= 15 is 0 Å². The van der Waals surface area contributed by atoms with Crippen LogP contribution in [0.1, 0.15) is 23.7 Å². The first-order valence-corrected chi connectivity index (χ1v) is 9.36. The highest BCUT2D eigenvalue weighted by atomic mass is 32.2.